The second-order valence-electron chi connectivity index (χ2n) is 5.08. The lowest BCUT2D eigenvalue weighted by Gasteiger charge is -2.12. The lowest BCUT2D eigenvalue weighted by atomic mass is 10.0. The molecule has 21 heavy (non-hydrogen) atoms. The monoisotopic (exact) mass is 294 g/mol. The number of aryl methyl sites for hydroxylation is 2. The van der Waals surface area contributed by atoms with E-state index in [4.69, 9.17) is 9.47 Å². The second kappa shape index (κ2) is 9.40. The molecule has 0 fully saturated rings. The fourth-order valence-electron chi connectivity index (χ4n) is 2.08. The Bertz CT molecular complexity index is 440. The molecule has 0 aliphatic carbocycles. The molecule has 1 atom stereocenters. The van der Waals surface area contributed by atoms with Crippen LogP contribution in [-0.2, 0) is 22.4 Å². The first-order chi connectivity index (χ1) is 10.1. The molecule has 1 aromatic carbocycles. The molecule has 0 amide bonds. The lowest BCUT2D eigenvalue weighted by molar-refractivity contribution is -0.143. The van der Waals surface area contributed by atoms with E-state index in [0.29, 0.717) is 32.5 Å². The van der Waals surface area contributed by atoms with Crippen LogP contribution in [0.15, 0.2) is 18.2 Å². The van der Waals surface area contributed by atoms with Gasteiger partial charge in [0, 0.05) is 12.8 Å². The molecular formula is C17H26O4. The number of carbonyl (C=O) groups excluding carboxylic acids is 1. The van der Waals surface area contributed by atoms with Crippen molar-refractivity contribution in [2.24, 2.45) is 0 Å². The number of aliphatic hydroxyl groups excluding tert-OH is 1. The number of rotatable bonds is 9. The highest BCUT2D eigenvalue weighted by Crippen LogP contribution is 2.20. The zero-order valence-electron chi connectivity index (χ0n) is 13.2. The van der Waals surface area contributed by atoms with Crippen molar-refractivity contribution in [3.63, 3.8) is 0 Å². The summed E-state index contributed by atoms with van der Waals surface area (Å²) in [4.78, 5) is 11.4. The van der Waals surface area contributed by atoms with Gasteiger partial charge in [-0.2, -0.15) is 0 Å². The Labute approximate surface area is 127 Å². The van der Waals surface area contributed by atoms with E-state index >= 15 is 0 Å². The topological polar surface area (TPSA) is 55.8 Å². The summed E-state index contributed by atoms with van der Waals surface area (Å²) >= 11 is 0. The molecule has 4 heteroatoms. The van der Waals surface area contributed by atoms with Gasteiger partial charge in [-0.25, -0.2) is 0 Å². The van der Waals surface area contributed by atoms with Crippen molar-refractivity contribution >= 4 is 5.97 Å². The van der Waals surface area contributed by atoms with Crippen LogP contribution in [0.2, 0.25) is 0 Å². The van der Waals surface area contributed by atoms with Gasteiger partial charge in [-0.3, -0.25) is 4.79 Å². The highest BCUT2D eigenvalue weighted by Gasteiger charge is 2.07. The van der Waals surface area contributed by atoms with Crippen molar-refractivity contribution in [2.75, 3.05) is 13.2 Å². The second-order valence-corrected chi connectivity index (χ2v) is 5.08. The molecule has 0 heterocycles. The molecule has 1 rings (SSSR count). The number of carbonyl (C=O) groups is 1. The van der Waals surface area contributed by atoms with Crippen LogP contribution in [0.3, 0.4) is 0 Å². The summed E-state index contributed by atoms with van der Waals surface area (Å²) in [5, 5.41) is 9.22. The van der Waals surface area contributed by atoms with Gasteiger partial charge in [-0.1, -0.05) is 13.0 Å². The summed E-state index contributed by atoms with van der Waals surface area (Å²) in [5.74, 6) is 0.657. The number of hydrogen-bond acceptors (Lipinski definition) is 4. The maximum Gasteiger partial charge on any atom is 0.306 e. The van der Waals surface area contributed by atoms with Crippen LogP contribution in [0.25, 0.3) is 0 Å². The molecular weight excluding hydrogens is 268 g/mol. The minimum atomic E-state index is -0.348. The van der Waals surface area contributed by atoms with Crippen LogP contribution in [0.1, 0.15) is 44.7 Å². The van der Waals surface area contributed by atoms with Gasteiger partial charge in [0.1, 0.15) is 5.75 Å². The Morgan fingerprint density at radius 1 is 1.29 bits per heavy atom. The largest absolute Gasteiger partial charge is 0.493 e. The van der Waals surface area contributed by atoms with E-state index in [-0.39, 0.29) is 12.1 Å². The quantitative estimate of drug-likeness (QED) is 0.712. The number of aliphatic hydroxyl groups is 1. The van der Waals surface area contributed by atoms with E-state index in [1.807, 2.05) is 25.1 Å². The summed E-state index contributed by atoms with van der Waals surface area (Å²) in [6, 6.07) is 5.94. The molecule has 118 valence electrons. The molecule has 1 N–H and O–H groups in total. The number of esters is 1. The Morgan fingerprint density at radius 3 is 2.67 bits per heavy atom. The Kier molecular flexibility index (Phi) is 7.83. The van der Waals surface area contributed by atoms with Gasteiger partial charge in [-0.15, -0.1) is 0 Å². The minimum Gasteiger partial charge on any atom is -0.493 e. The van der Waals surface area contributed by atoms with Crippen LogP contribution in [0.4, 0.5) is 0 Å². The zero-order chi connectivity index (χ0) is 15.7. The molecule has 0 spiro atoms. The van der Waals surface area contributed by atoms with E-state index < -0.39 is 0 Å². The first-order valence-electron chi connectivity index (χ1n) is 7.65. The summed E-state index contributed by atoms with van der Waals surface area (Å²) in [7, 11) is 0. The van der Waals surface area contributed by atoms with E-state index in [0.717, 1.165) is 17.7 Å². The van der Waals surface area contributed by atoms with E-state index in [1.54, 1.807) is 6.92 Å². The Morgan fingerprint density at radius 2 is 2.05 bits per heavy atom. The molecule has 4 nitrogen and oxygen atoms in total. The van der Waals surface area contributed by atoms with Crippen molar-refractivity contribution in [1.29, 1.82) is 0 Å². The van der Waals surface area contributed by atoms with Gasteiger partial charge in [0.2, 0.25) is 0 Å². The standard InChI is InChI=1S/C17H26O4/c1-4-14-12-16(21-11-10-13(3)18)8-6-15(14)7-9-17(19)20-5-2/h6,8,12-13,18H,4-5,7,9-11H2,1-3H3/t13-/m1/s1. The van der Waals surface area contributed by atoms with Crippen LogP contribution in [0.5, 0.6) is 5.75 Å². The Hall–Kier alpha value is -1.55. The van der Waals surface area contributed by atoms with Gasteiger partial charge in [0.05, 0.1) is 19.3 Å². The summed E-state index contributed by atoms with van der Waals surface area (Å²) in [6.07, 6.45) is 2.26. The third-order valence-corrected chi connectivity index (χ3v) is 3.27. The SMILES string of the molecule is CCOC(=O)CCc1ccc(OCC[C@@H](C)O)cc1CC. The number of benzene rings is 1. The fourth-order valence-corrected chi connectivity index (χ4v) is 2.08. The smallest absolute Gasteiger partial charge is 0.306 e. The molecule has 0 radical (unpaired) electrons. The van der Waals surface area contributed by atoms with Gasteiger partial charge < -0.3 is 14.6 Å². The van der Waals surface area contributed by atoms with Gasteiger partial charge >= 0.3 is 5.97 Å². The van der Waals surface area contributed by atoms with Crippen molar-refractivity contribution in [3.05, 3.63) is 29.3 Å². The van der Waals surface area contributed by atoms with Gasteiger partial charge in [0.15, 0.2) is 0 Å². The van der Waals surface area contributed by atoms with E-state index in [1.165, 1.54) is 5.56 Å². The number of ether oxygens (including phenoxy) is 2. The fraction of sp³-hybridized carbons (Fsp3) is 0.588. The average Bonchev–Trinajstić information content (AvgIpc) is 2.45. The van der Waals surface area contributed by atoms with Gasteiger partial charge in [0.25, 0.3) is 0 Å². The average molecular weight is 294 g/mol. The van der Waals surface area contributed by atoms with Crippen molar-refractivity contribution in [1.82, 2.24) is 0 Å². The highest BCUT2D eigenvalue weighted by molar-refractivity contribution is 5.69. The van der Waals surface area contributed by atoms with E-state index in [9.17, 15) is 9.90 Å². The molecule has 1 aromatic rings. The summed E-state index contributed by atoms with van der Waals surface area (Å²) in [6.45, 7) is 6.58. The third kappa shape index (κ3) is 6.63. The molecule has 0 aromatic heterocycles. The predicted octanol–water partition coefficient (Wildman–Crippen LogP) is 2.89. The first kappa shape index (κ1) is 17.5. The maximum absolute atomic E-state index is 11.4. The van der Waals surface area contributed by atoms with Crippen molar-refractivity contribution in [3.8, 4) is 5.75 Å². The maximum atomic E-state index is 11.4. The number of hydrogen-bond donors (Lipinski definition) is 1. The van der Waals surface area contributed by atoms with Gasteiger partial charge in [-0.05, 0) is 49.9 Å². The molecule has 0 aliphatic heterocycles. The van der Waals surface area contributed by atoms with Crippen LogP contribution in [-0.4, -0.2) is 30.4 Å². The predicted molar refractivity (Wildman–Crippen MR) is 82.6 cm³/mol. The highest BCUT2D eigenvalue weighted by atomic mass is 16.5. The molecule has 0 saturated heterocycles. The normalized spacial score (nSPS) is 12.0. The zero-order valence-corrected chi connectivity index (χ0v) is 13.2. The summed E-state index contributed by atoms with van der Waals surface area (Å²) < 4.78 is 10.6. The minimum absolute atomic E-state index is 0.156. The Balaban J connectivity index is 2.59. The molecule has 0 saturated carbocycles. The van der Waals surface area contributed by atoms with Crippen molar-refractivity contribution in [2.45, 2.75) is 52.6 Å². The molecule has 0 bridgehead atoms. The van der Waals surface area contributed by atoms with Crippen LogP contribution >= 0.6 is 0 Å². The van der Waals surface area contributed by atoms with Crippen LogP contribution in [0, 0.1) is 0 Å². The summed E-state index contributed by atoms with van der Waals surface area (Å²) in [5.41, 5.74) is 2.35. The molecule has 0 unspecified atom stereocenters. The molecule has 0 aliphatic rings. The third-order valence-electron chi connectivity index (χ3n) is 3.27. The lowest BCUT2D eigenvalue weighted by Crippen LogP contribution is -2.08. The van der Waals surface area contributed by atoms with Crippen molar-refractivity contribution < 1.29 is 19.4 Å². The van der Waals surface area contributed by atoms with E-state index in [2.05, 4.69) is 6.92 Å². The first-order valence-corrected chi connectivity index (χ1v) is 7.65. The van der Waals surface area contributed by atoms with Crippen LogP contribution < -0.4 is 4.74 Å².